The number of rotatable bonds is 4. The van der Waals surface area contributed by atoms with E-state index in [4.69, 9.17) is 4.74 Å². The molecule has 3 aliphatic heterocycles. The van der Waals surface area contributed by atoms with Gasteiger partial charge in [-0.2, -0.15) is 24.9 Å². The summed E-state index contributed by atoms with van der Waals surface area (Å²) in [6.07, 6.45) is 1.56. The summed E-state index contributed by atoms with van der Waals surface area (Å²) in [5, 5.41) is 12.7. The first-order chi connectivity index (χ1) is 16.3. The Morgan fingerprint density at radius 2 is 2.03 bits per heavy atom. The molecule has 1 fully saturated rings. The third-order valence-corrected chi connectivity index (χ3v) is 5.82. The van der Waals surface area contributed by atoms with Crippen molar-refractivity contribution in [2.45, 2.75) is 13.3 Å². The molecule has 3 amide bonds. The van der Waals surface area contributed by atoms with E-state index >= 15 is 0 Å². The monoisotopic (exact) mass is 462 g/mol. The average Bonchev–Trinajstić information content (AvgIpc) is 3.51. The Hall–Kier alpha value is -4.35. The average molecular weight is 462 g/mol. The fraction of sp³-hybridized carbons (Fsp3) is 0.318. The lowest BCUT2D eigenvalue weighted by atomic mass is 10.1. The number of hydrogen-bond donors (Lipinski definition) is 1. The zero-order chi connectivity index (χ0) is 24.0. The van der Waals surface area contributed by atoms with Gasteiger partial charge >= 0.3 is 0 Å². The zero-order valence-electron chi connectivity index (χ0n) is 18.8. The number of aryl methyl sites for hydroxylation is 1. The van der Waals surface area contributed by atoms with Crippen LogP contribution in [0.1, 0.15) is 12.1 Å². The number of anilines is 2. The lowest BCUT2D eigenvalue weighted by Crippen LogP contribution is -2.35. The van der Waals surface area contributed by atoms with Gasteiger partial charge in [0, 0.05) is 44.0 Å². The van der Waals surface area contributed by atoms with E-state index in [2.05, 4.69) is 25.5 Å². The minimum Gasteiger partial charge on any atom is -0.497 e. The summed E-state index contributed by atoms with van der Waals surface area (Å²) in [5.41, 5.74) is 1.27. The SMILES string of the molecule is COc1cccc(N2CC(C(=O)Nc3cc(C)nn3C3=NC(=O)C4C=NN(C)C4=N3)CC2=O)c1. The van der Waals surface area contributed by atoms with Gasteiger partial charge in [0.25, 0.3) is 11.9 Å². The quantitative estimate of drug-likeness (QED) is 0.717. The molecule has 1 saturated heterocycles. The number of nitrogens with zero attached hydrogens (tertiary/aromatic N) is 7. The number of amidine groups is 1. The standard InChI is InChI=1S/C22H22N8O4/c1-12-7-17(30(27-12)22-25-19-16(21(33)26-22)10-23-28(19)2)24-20(32)13-8-18(31)29(11-13)14-5-4-6-15(9-14)34-3/h4-7,9-10,13,16H,8,11H2,1-3H3,(H,24,32). The molecule has 5 rings (SSSR count). The van der Waals surface area contributed by atoms with E-state index in [1.165, 1.54) is 15.9 Å². The van der Waals surface area contributed by atoms with Crippen molar-refractivity contribution in [3.8, 4) is 5.75 Å². The smallest absolute Gasteiger partial charge is 0.265 e. The van der Waals surface area contributed by atoms with Crippen molar-refractivity contribution in [1.29, 1.82) is 0 Å². The van der Waals surface area contributed by atoms with Crippen LogP contribution in [0.3, 0.4) is 0 Å². The van der Waals surface area contributed by atoms with Crippen LogP contribution >= 0.6 is 0 Å². The molecule has 34 heavy (non-hydrogen) atoms. The molecule has 1 N–H and O–H groups in total. The highest BCUT2D eigenvalue weighted by atomic mass is 16.5. The summed E-state index contributed by atoms with van der Waals surface area (Å²) < 4.78 is 6.55. The summed E-state index contributed by atoms with van der Waals surface area (Å²) in [4.78, 5) is 48.2. The molecule has 3 aliphatic rings. The van der Waals surface area contributed by atoms with E-state index in [0.717, 1.165) is 0 Å². The van der Waals surface area contributed by atoms with Gasteiger partial charge in [-0.3, -0.25) is 19.4 Å². The summed E-state index contributed by atoms with van der Waals surface area (Å²) in [5.74, 6) is -0.662. The third-order valence-electron chi connectivity index (χ3n) is 5.82. The van der Waals surface area contributed by atoms with Gasteiger partial charge in [0.2, 0.25) is 11.8 Å². The van der Waals surface area contributed by atoms with Gasteiger partial charge in [-0.15, -0.1) is 0 Å². The number of hydrazone groups is 1. The zero-order valence-corrected chi connectivity index (χ0v) is 18.8. The lowest BCUT2D eigenvalue weighted by Gasteiger charge is -2.18. The highest BCUT2D eigenvalue weighted by Gasteiger charge is 2.37. The minimum atomic E-state index is -0.615. The number of carbonyl (C=O) groups is 3. The molecule has 12 nitrogen and oxygen atoms in total. The molecule has 0 bridgehead atoms. The van der Waals surface area contributed by atoms with Crippen molar-refractivity contribution in [1.82, 2.24) is 14.8 Å². The molecule has 2 atom stereocenters. The van der Waals surface area contributed by atoms with Gasteiger partial charge in [0.05, 0.1) is 18.7 Å². The maximum absolute atomic E-state index is 13.1. The Labute approximate surface area is 194 Å². The molecule has 4 heterocycles. The van der Waals surface area contributed by atoms with Gasteiger partial charge in [0.1, 0.15) is 23.3 Å². The largest absolute Gasteiger partial charge is 0.497 e. The number of carbonyl (C=O) groups excluding carboxylic acids is 3. The summed E-state index contributed by atoms with van der Waals surface area (Å²) in [6, 6.07) is 8.79. The van der Waals surface area contributed by atoms with E-state index in [1.54, 1.807) is 56.3 Å². The predicted molar refractivity (Wildman–Crippen MR) is 124 cm³/mol. The molecule has 2 unspecified atom stereocenters. The molecule has 0 saturated carbocycles. The van der Waals surface area contributed by atoms with Crippen molar-refractivity contribution in [2.75, 3.05) is 30.9 Å². The van der Waals surface area contributed by atoms with Crippen LogP contribution in [-0.4, -0.2) is 71.2 Å². The second-order valence-corrected chi connectivity index (χ2v) is 8.16. The van der Waals surface area contributed by atoms with E-state index in [-0.39, 0.29) is 30.7 Å². The van der Waals surface area contributed by atoms with Crippen molar-refractivity contribution in [2.24, 2.45) is 26.9 Å². The molecule has 0 aliphatic carbocycles. The van der Waals surface area contributed by atoms with Crippen LogP contribution in [0.15, 0.2) is 45.4 Å². The fourth-order valence-corrected chi connectivity index (χ4v) is 4.08. The number of ether oxygens (including phenoxy) is 1. The van der Waals surface area contributed by atoms with Crippen molar-refractivity contribution >= 4 is 47.2 Å². The highest BCUT2D eigenvalue weighted by Crippen LogP contribution is 2.29. The van der Waals surface area contributed by atoms with E-state index in [1.807, 2.05) is 0 Å². The van der Waals surface area contributed by atoms with Gasteiger partial charge in [0.15, 0.2) is 0 Å². The first-order valence-electron chi connectivity index (χ1n) is 10.7. The number of aromatic nitrogens is 2. The molecular formula is C22H22N8O4. The van der Waals surface area contributed by atoms with Crippen LogP contribution in [-0.2, 0) is 14.4 Å². The Morgan fingerprint density at radius 3 is 2.82 bits per heavy atom. The fourth-order valence-electron chi connectivity index (χ4n) is 4.08. The molecule has 2 aromatic rings. The molecule has 1 aromatic carbocycles. The van der Waals surface area contributed by atoms with E-state index in [0.29, 0.717) is 28.8 Å². The summed E-state index contributed by atoms with van der Waals surface area (Å²) in [7, 11) is 3.24. The predicted octanol–water partition coefficient (Wildman–Crippen LogP) is 0.882. The molecule has 1 aromatic heterocycles. The molecule has 174 valence electrons. The first-order valence-corrected chi connectivity index (χ1v) is 10.7. The van der Waals surface area contributed by atoms with E-state index < -0.39 is 17.7 Å². The number of methoxy groups -OCH3 is 1. The summed E-state index contributed by atoms with van der Waals surface area (Å²) >= 11 is 0. The Balaban J connectivity index is 1.35. The van der Waals surface area contributed by atoms with Crippen molar-refractivity contribution in [3.63, 3.8) is 0 Å². The van der Waals surface area contributed by atoms with Gasteiger partial charge in [-0.25, -0.2) is 0 Å². The van der Waals surface area contributed by atoms with Crippen LogP contribution in [0, 0.1) is 18.8 Å². The number of amides is 3. The number of nitrogens with one attached hydrogen (secondary N) is 1. The van der Waals surface area contributed by atoms with Gasteiger partial charge < -0.3 is 15.0 Å². The number of hydrogen-bond acceptors (Lipinski definition) is 8. The van der Waals surface area contributed by atoms with Crippen LogP contribution in [0.25, 0.3) is 0 Å². The summed E-state index contributed by atoms with van der Waals surface area (Å²) in [6.45, 7) is 1.98. The maximum Gasteiger partial charge on any atom is 0.265 e. The Morgan fingerprint density at radius 1 is 1.21 bits per heavy atom. The highest BCUT2D eigenvalue weighted by molar-refractivity contribution is 6.24. The maximum atomic E-state index is 13.1. The number of fused-ring (bicyclic) bond motifs is 1. The molecule has 0 radical (unpaired) electrons. The molecule has 0 spiro atoms. The van der Waals surface area contributed by atoms with E-state index in [9.17, 15) is 14.4 Å². The van der Waals surface area contributed by atoms with Crippen LogP contribution in [0.2, 0.25) is 0 Å². The van der Waals surface area contributed by atoms with Gasteiger partial charge in [-0.1, -0.05) is 6.07 Å². The molecule has 12 heteroatoms. The normalized spacial score (nSPS) is 21.5. The second-order valence-electron chi connectivity index (χ2n) is 8.16. The van der Waals surface area contributed by atoms with Crippen molar-refractivity contribution < 1.29 is 19.1 Å². The number of aliphatic imine (C=N–C) groups is 2. The first kappa shape index (κ1) is 21.5. The lowest BCUT2D eigenvalue weighted by molar-refractivity contribution is -0.122. The Kier molecular flexibility index (Phi) is 5.19. The second kappa shape index (κ2) is 8.21. The van der Waals surface area contributed by atoms with Crippen LogP contribution < -0.4 is 15.0 Å². The number of benzene rings is 1. The van der Waals surface area contributed by atoms with Crippen LogP contribution in [0.5, 0.6) is 5.75 Å². The van der Waals surface area contributed by atoms with Crippen molar-refractivity contribution in [3.05, 3.63) is 36.0 Å². The topological polar surface area (TPSA) is 134 Å². The van der Waals surface area contributed by atoms with Crippen LogP contribution in [0.4, 0.5) is 11.5 Å². The Bertz CT molecular complexity index is 1290. The third kappa shape index (κ3) is 3.72. The minimum absolute atomic E-state index is 0.0394. The van der Waals surface area contributed by atoms with Gasteiger partial charge in [-0.05, 0) is 19.1 Å². The molecular weight excluding hydrogens is 440 g/mol.